The van der Waals surface area contributed by atoms with Crippen LogP contribution in [0.1, 0.15) is 16.8 Å². The lowest BCUT2D eigenvalue weighted by Gasteiger charge is -2.05. The number of methoxy groups -OCH3 is 1. The number of hydrogen-bond acceptors (Lipinski definition) is 3. The number of ether oxygens (including phenoxy) is 1. The van der Waals surface area contributed by atoms with Gasteiger partial charge in [-0.15, -0.1) is 0 Å². The van der Waals surface area contributed by atoms with Gasteiger partial charge in [0.1, 0.15) is 11.4 Å². The van der Waals surface area contributed by atoms with E-state index < -0.39 is 0 Å². The van der Waals surface area contributed by atoms with Gasteiger partial charge in [0.15, 0.2) is 0 Å². The molecule has 2 aromatic heterocycles. The van der Waals surface area contributed by atoms with Crippen LogP contribution in [-0.4, -0.2) is 22.4 Å². The van der Waals surface area contributed by atoms with Crippen LogP contribution in [0.25, 0.3) is 5.65 Å². The highest BCUT2D eigenvalue weighted by molar-refractivity contribution is 5.78. The van der Waals surface area contributed by atoms with Gasteiger partial charge in [0.05, 0.1) is 19.2 Å². The predicted octanol–water partition coefficient (Wildman–Crippen LogP) is 2.51. The summed E-state index contributed by atoms with van der Waals surface area (Å²) in [6.07, 6.45) is 4.12. The highest BCUT2D eigenvalue weighted by atomic mass is 16.5. The van der Waals surface area contributed by atoms with Crippen molar-refractivity contribution in [2.24, 2.45) is 0 Å². The lowest BCUT2D eigenvalue weighted by molar-refractivity contribution is -0.120. The number of nitrogens with zero attached hydrogens (tertiary/aromatic N) is 2. The highest BCUT2D eigenvalue weighted by Crippen LogP contribution is 2.11. The van der Waals surface area contributed by atoms with Crippen molar-refractivity contribution < 1.29 is 9.53 Å². The second-order valence-electron chi connectivity index (χ2n) is 5.50. The maximum atomic E-state index is 12.1. The van der Waals surface area contributed by atoms with E-state index in [4.69, 9.17) is 4.74 Å². The van der Waals surface area contributed by atoms with Crippen molar-refractivity contribution in [3.63, 3.8) is 0 Å². The minimum absolute atomic E-state index is 0.0408. The lowest BCUT2D eigenvalue weighted by Crippen LogP contribution is -2.24. The van der Waals surface area contributed by atoms with Gasteiger partial charge >= 0.3 is 0 Å². The molecule has 0 spiro atoms. The number of carbonyl (C=O) groups is 1. The molecule has 0 saturated carbocycles. The zero-order chi connectivity index (χ0) is 16.2. The summed E-state index contributed by atoms with van der Waals surface area (Å²) in [4.78, 5) is 16.5. The van der Waals surface area contributed by atoms with Gasteiger partial charge in [-0.1, -0.05) is 12.1 Å². The van der Waals surface area contributed by atoms with Crippen molar-refractivity contribution in [2.45, 2.75) is 19.9 Å². The van der Waals surface area contributed by atoms with Crippen LogP contribution in [0.5, 0.6) is 5.75 Å². The number of amides is 1. The monoisotopic (exact) mass is 309 g/mol. The first-order valence-electron chi connectivity index (χ1n) is 7.48. The molecule has 0 aliphatic heterocycles. The molecular formula is C18H19N3O2. The molecule has 5 nitrogen and oxygen atoms in total. The van der Waals surface area contributed by atoms with E-state index in [1.807, 2.05) is 60.1 Å². The molecule has 3 aromatic rings. The molecule has 0 aliphatic carbocycles. The van der Waals surface area contributed by atoms with Gasteiger partial charge in [0.25, 0.3) is 0 Å². The van der Waals surface area contributed by atoms with Crippen LogP contribution in [0, 0.1) is 6.92 Å². The quantitative estimate of drug-likeness (QED) is 0.788. The molecule has 3 rings (SSSR count). The molecule has 0 unspecified atom stereocenters. The van der Waals surface area contributed by atoms with E-state index in [0.717, 1.165) is 28.2 Å². The SMILES string of the molecule is COc1ccc(CNC(=O)Cc2cn3ccc(C)cc3n2)cc1. The summed E-state index contributed by atoms with van der Waals surface area (Å²) >= 11 is 0. The van der Waals surface area contributed by atoms with Crippen LogP contribution in [0.4, 0.5) is 0 Å². The Bertz CT molecular complexity index is 822. The molecule has 0 fully saturated rings. The van der Waals surface area contributed by atoms with Crippen LogP contribution in [0.15, 0.2) is 48.8 Å². The van der Waals surface area contributed by atoms with Gasteiger partial charge < -0.3 is 14.5 Å². The first kappa shape index (κ1) is 15.1. The molecule has 1 aromatic carbocycles. The van der Waals surface area contributed by atoms with Crippen molar-refractivity contribution in [3.05, 3.63) is 65.6 Å². The summed E-state index contributed by atoms with van der Waals surface area (Å²) in [5.74, 6) is 0.765. The maximum absolute atomic E-state index is 12.1. The third-order valence-electron chi connectivity index (χ3n) is 3.66. The van der Waals surface area contributed by atoms with E-state index in [1.165, 1.54) is 0 Å². The number of nitrogens with one attached hydrogen (secondary N) is 1. The van der Waals surface area contributed by atoms with Crippen LogP contribution < -0.4 is 10.1 Å². The molecule has 0 saturated heterocycles. The normalized spacial score (nSPS) is 10.7. The molecular weight excluding hydrogens is 290 g/mol. The van der Waals surface area contributed by atoms with Crippen LogP contribution >= 0.6 is 0 Å². The molecule has 0 atom stereocenters. The smallest absolute Gasteiger partial charge is 0.226 e. The average molecular weight is 309 g/mol. The Morgan fingerprint density at radius 3 is 2.78 bits per heavy atom. The van der Waals surface area contributed by atoms with E-state index in [-0.39, 0.29) is 12.3 Å². The van der Waals surface area contributed by atoms with Crippen LogP contribution in [-0.2, 0) is 17.8 Å². The minimum atomic E-state index is -0.0408. The van der Waals surface area contributed by atoms with Crippen molar-refractivity contribution >= 4 is 11.6 Å². The summed E-state index contributed by atoms with van der Waals surface area (Å²) in [5, 5.41) is 2.91. The highest BCUT2D eigenvalue weighted by Gasteiger charge is 2.08. The van der Waals surface area contributed by atoms with Gasteiger partial charge in [-0.25, -0.2) is 4.98 Å². The number of pyridine rings is 1. The number of fused-ring (bicyclic) bond motifs is 1. The van der Waals surface area contributed by atoms with Crippen molar-refractivity contribution in [2.75, 3.05) is 7.11 Å². The topological polar surface area (TPSA) is 55.6 Å². The third-order valence-corrected chi connectivity index (χ3v) is 3.66. The van der Waals surface area contributed by atoms with Gasteiger partial charge in [-0.05, 0) is 42.3 Å². The Balaban J connectivity index is 1.59. The van der Waals surface area contributed by atoms with Gasteiger partial charge in [0.2, 0.25) is 5.91 Å². The molecule has 2 heterocycles. The number of imidazole rings is 1. The van der Waals surface area contributed by atoms with E-state index in [1.54, 1.807) is 7.11 Å². The number of carbonyl (C=O) groups excluding carboxylic acids is 1. The lowest BCUT2D eigenvalue weighted by atomic mass is 10.2. The molecule has 1 N–H and O–H groups in total. The largest absolute Gasteiger partial charge is 0.497 e. The summed E-state index contributed by atoms with van der Waals surface area (Å²) in [6.45, 7) is 2.52. The average Bonchev–Trinajstić information content (AvgIpc) is 2.94. The molecule has 1 amide bonds. The second-order valence-corrected chi connectivity index (χ2v) is 5.50. The van der Waals surface area contributed by atoms with E-state index >= 15 is 0 Å². The van der Waals surface area contributed by atoms with Crippen molar-refractivity contribution in [1.82, 2.24) is 14.7 Å². The van der Waals surface area contributed by atoms with Gasteiger partial charge in [-0.3, -0.25) is 4.79 Å². The summed E-state index contributed by atoms with van der Waals surface area (Å²) in [7, 11) is 1.63. The van der Waals surface area contributed by atoms with Crippen molar-refractivity contribution in [3.8, 4) is 5.75 Å². The van der Waals surface area contributed by atoms with Gasteiger partial charge in [0, 0.05) is 18.9 Å². The molecule has 0 aliphatic rings. The number of aryl methyl sites for hydroxylation is 1. The minimum Gasteiger partial charge on any atom is -0.497 e. The Hall–Kier alpha value is -2.82. The van der Waals surface area contributed by atoms with E-state index in [2.05, 4.69) is 10.3 Å². The number of benzene rings is 1. The molecule has 0 bridgehead atoms. The number of hydrogen-bond donors (Lipinski definition) is 1. The Kier molecular flexibility index (Phi) is 4.28. The van der Waals surface area contributed by atoms with Crippen LogP contribution in [0.3, 0.4) is 0 Å². The number of aromatic nitrogens is 2. The van der Waals surface area contributed by atoms with E-state index in [9.17, 15) is 4.79 Å². The fourth-order valence-corrected chi connectivity index (χ4v) is 2.39. The molecule has 0 radical (unpaired) electrons. The fraction of sp³-hybridized carbons (Fsp3) is 0.222. The zero-order valence-corrected chi connectivity index (χ0v) is 13.2. The maximum Gasteiger partial charge on any atom is 0.226 e. The zero-order valence-electron chi connectivity index (χ0n) is 13.2. The molecule has 118 valence electrons. The Morgan fingerprint density at radius 1 is 1.26 bits per heavy atom. The standard InChI is InChI=1S/C18H19N3O2/c1-13-7-8-21-12-15(20-17(21)9-13)10-18(22)19-11-14-3-5-16(23-2)6-4-14/h3-9,12H,10-11H2,1-2H3,(H,19,22). The van der Waals surface area contributed by atoms with E-state index in [0.29, 0.717) is 6.54 Å². The molecule has 23 heavy (non-hydrogen) atoms. The Morgan fingerprint density at radius 2 is 2.04 bits per heavy atom. The first-order valence-corrected chi connectivity index (χ1v) is 7.48. The third kappa shape index (κ3) is 3.69. The Labute approximate surface area is 134 Å². The molecule has 5 heteroatoms. The predicted molar refractivity (Wildman–Crippen MR) is 88.5 cm³/mol. The van der Waals surface area contributed by atoms with Crippen LogP contribution in [0.2, 0.25) is 0 Å². The fourth-order valence-electron chi connectivity index (χ4n) is 2.39. The summed E-state index contributed by atoms with van der Waals surface area (Å²) in [6, 6.07) is 11.7. The summed E-state index contributed by atoms with van der Waals surface area (Å²) < 4.78 is 7.04. The number of rotatable bonds is 5. The summed E-state index contributed by atoms with van der Waals surface area (Å²) in [5.41, 5.74) is 3.81. The first-order chi connectivity index (χ1) is 11.1. The van der Waals surface area contributed by atoms with Crippen molar-refractivity contribution in [1.29, 1.82) is 0 Å². The van der Waals surface area contributed by atoms with Gasteiger partial charge in [-0.2, -0.15) is 0 Å². The second kappa shape index (κ2) is 6.52.